The lowest BCUT2D eigenvalue weighted by molar-refractivity contribution is 0.0693. The number of carboxylic acid groups (broad SMARTS) is 1. The Labute approximate surface area is 230 Å². The Morgan fingerprint density at radius 2 is 1.92 bits per heavy atom. The molecule has 4 heterocycles. The summed E-state index contributed by atoms with van der Waals surface area (Å²) >= 11 is 2.98. The first-order chi connectivity index (χ1) is 18.6. The summed E-state index contributed by atoms with van der Waals surface area (Å²) in [5.74, 6) is -1.88. The number of thiophene rings is 2. The van der Waals surface area contributed by atoms with Crippen molar-refractivity contribution in [2.24, 2.45) is 5.73 Å². The normalized spacial score (nSPS) is 11.6. The average molecular weight is 584 g/mol. The van der Waals surface area contributed by atoms with Gasteiger partial charge in [0.05, 0.1) is 27.1 Å². The van der Waals surface area contributed by atoms with Crippen LogP contribution < -0.4 is 15.2 Å². The highest BCUT2D eigenvalue weighted by atomic mass is 32.2. The van der Waals surface area contributed by atoms with Gasteiger partial charge in [0, 0.05) is 28.1 Å². The van der Waals surface area contributed by atoms with Crippen molar-refractivity contribution in [2.45, 2.75) is 18.4 Å². The van der Waals surface area contributed by atoms with Crippen LogP contribution in [0.2, 0.25) is 0 Å². The van der Waals surface area contributed by atoms with Crippen LogP contribution in [-0.4, -0.2) is 46.7 Å². The van der Waals surface area contributed by atoms with Gasteiger partial charge in [-0.2, -0.15) is 0 Å². The zero-order valence-electron chi connectivity index (χ0n) is 20.5. The number of aryl methyl sites for hydroxylation is 1. The Balaban J connectivity index is 1.55. The maximum absolute atomic E-state index is 13.1. The average Bonchev–Trinajstić information content (AvgIpc) is 3.54. The van der Waals surface area contributed by atoms with E-state index in [9.17, 15) is 23.4 Å². The van der Waals surface area contributed by atoms with E-state index in [0.717, 1.165) is 42.2 Å². The standard InChI is InChI=1S/C25H21N5O6S3/c1-12-20-23(21(29-11-28-20)19-6-3-14(9-26)37-19)38-22(12)13-7-17(24(31)27-10-13)30-39(34,35)15-4-5-18(36-2)16(8-15)25(32)33/h3-8,10-11,30H,9,26H2,1-2H3,(H,27,31)(H,32,33). The number of aromatic hydroxyl groups is 1. The van der Waals surface area contributed by atoms with Crippen LogP contribution in [-0.2, 0) is 16.6 Å². The number of hydrogen-bond donors (Lipinski definition) is 4. The number of methoxy groups -OCH3 is 1. The van der Waals surface area contributed by atoms with E-state index in [0.29, 0.717) is 12.1 Å². The highest BCUT2D eigenvalue weighted by Gasteiger charge is 2.23. The second-order valence-corrected chi connectivity index (χ2v) is 12.2. The van der Waals surface area contributed by atoms with Gasteiger partial charge in [-0.15, -0.1) is 22.7 Å². The van der Waals surface area contributed by atoms with Crippen molar-refractivity contribution in [3.05, 3.63) is 64.9 Å². The van der Waals surface area contributed by atoms with Crippen LogP contribution in [0.4, 0.5) is 5.69 Å². The van der Waals surface area contributed by atoms with Gasteiger partial charge in [-0.1, -0.05) is 0 Å². The maximum atomic E-state index is 13.1. The van der Waals surface area contributed by atoms with Crippen molar-refractivity contribution < 1.29 is 28.2 Å². The van der Waals surface area contributed by atoms with Gasteiger partial charge in [0.1, 0.15) is 29.0 Å². The minimum atomic E-state index is -4.29. The van der Waals surface area contributed by atoms with Gasteiger partial charge in [-0.3, -0.25) is 4.72 Å². The molecule has 200 valence electrons. The zero-order chi connectivity index (χ0) is 27.9. The fourth-order valence-electron chi connectivity index (χ4n) is 3.97. The highest BCUT2D eigenvalue weighted by molar-refractivity contribution is 7.92. The van der Waals surface area contributed by atoms with E-state index in [1.54, 1.807) is 11.3 Å². The van der Waals surface area contributed by atoms with Gasteiger partial charge in [0.15, 0.2) is 0 Å². The van der Waals surface area contributed by atoms with E-state index >= 15 is 0 Å². The number of carboxylic acids is 1. The summed E-state index contributed by atoms with van der Waals surface area (Å²) in [5.41, 5.74) is 8.19. The molecule has 39 heavy (non-hydrogen) atoms. The minimum Gasteiger partial charge on any atom is -0.496 e. The summed E-state index contributed by atoms with van der Waals surface area (Å²) in [5, 5.41) is 19.8. The van der Waals surface area contributed by atoms with Gasteiger partial charge in [0.25, 0.3) is 10.0 Å². The van der Waals surface area contributed by atoms with Crippen LogP contribution in [0, 0.1) is 6.92 Å². The molecule has 0 saturated heterocycles. The summed E-state index contributed by atoms with van der Waals surface area (Å²) in [7, 11) is -3.01. The van der Waals surface area contributed by atoms with Crippen LogP contribution in [0.25, 0.3) is 31.2 Å². The van der Waals surface area contributed by atoms with E-state index in [2.05, 4.69) is 19.7 Å². The Kier molecular flexibility index (Phi) is 6.94. The predicted octanol–water partition coefficient (Wildman–Crippen LogP) is 4.46. The second kappa shape index (κ2) is 10.2. The molecule has 0 atom stereocenters. The maximum Gasteiger partial charge on any atom is 0.339 e. The summed E-state index contributed by atoms with van der Waals surface area (Å²) in [4.78, 5) is 26.9. The third kappa shape index (κ3) is 4.90. The van der Waals surface area contributed by atoms with Crippen LogP contribution in [0.1, 0.15) is 20.8 Å². The lowest BCUT2D eigenvalue weighted by atomic mass is 10.1. The lowest BCUT2D eigenvalue weighted by Gasteiger charge is -2.12. The van der Waals surface area contributed by atoms with Gasteiger partial charge in [-0.25, -0.2) is 28.2 Å². The first-order valence-electron chi connectivity index (χ1n) is 11.3. The van der Waals surface area contributed by atoms with E-state index in [1.165, 1.54) is 49.2 Å². The van der Waals surface area contributed by atoms with Crippen molar-refractivity contribution in [3.63, 3.8) is 0 Å². The first-order valence-corrected chi connectivity index (χ1v) is 14.4. The minimum absolute atomic E-state index is 0.0115. The molecule has 0 fully saturated rings. The summed E-state index contributed by atoms with van der Waals surface area (Å²) in [6.07, 6.45) is 2.93. The molecule has 0 spiro atoms. The summed E-state index contributed by atoms with van der Waals surface area (Å²) in [6.45, 7) is 2.33. The fraction of sp³-hybridized carbons (Fsp3) is 0.120. The van der Waals surface area contributed by atoms with Gasteiger partial charge in [0.2, 0.25) is 5.88 Å². The van der Waals surface area contributed by atoms with Crippen molar-refractivity contribution in [2.75, 3.05) is 11.8 Å². The summed E-state index contributed by atoms with van der Waals surface area (Å²) in [6, 6.07) is 8.82. The Hall–Kier alpha value is -4.11. The number of fused-ring (bicyclic) bond motifs is 1. The predicted molar refractivity (Wildman–Crippen MR) is 149 cm³/mol. The van der Waals surface area contributed by atoms with E-state index in [4.69, 9.17) is 10.5 Å². The number of hydrogen-bond acceptors (Lipinski definition) is 11. The lowest BCUT2D eigenvalue weighted by Crippen LogP contribution is -2.14. The Morgan fingerprint density at radius 1 is 1.13 bits per heavy atom. The quantitative estimate of drug-likeness (QED) is 0.204. The van der Waals surface area contributed by atoms with Gasteiger partial charge in [-0.05, 0) is 48.9 Å². The second-order valence-electron chi connectivity index (χ2n) is 8.29. The fourth-order valence-corrected chi connectivity index (χ4v) is 7.25. The number of carbonyl (C=O) groups is 1. The Morgan fingerprint density at radius 3 is 2.62 bits per heavy atom. The molecule has 0 aliphatic carbocycles. The van der Waals surface area contributed by atoms with Gasteiger partial charge >= 0.3 is 5.97 Å². The molecular weight excluding hydrogens is 563 g/mol. The molecule has 4 aromatic heterocycles. The molecular formula is C25H21N5O6S3. The smallest absolute Gasteiger partial charge is 0.339 e. The number of pyridine rings is 1. The molecule has 0 amide bonds. The number of nitrogens with one attached hydrogen (secondary N) is 1. The van der Waals surface area contributed by atoms with Crippen LogP contribution in [0.15, 0.2) is 53.8 Å². The van der Waals surface area contributed by atoms with E-state index < -0.39 is 21.9 Å². The number of nitrogens with two attached hydrogens (primary N) is 1. The molecule has 14 heteroatoms. The van der Waals surface area contributed by atoms with Crippen molar-refractivity contribution in [1.29, 1.82) is 0 Å². The monoisotopic (exact) mass is 583 g/mol. The molecule has 0 radical (unpaired) electrons. The number of sulfonamides is 1. The molecule has 5 N–H and O–H groups in total. The topological polar surface area (TPSA) is 178 Å². The molecule has 0 aliphatic heterocycles. The van der Waals surface area contributed by atoms with Crippen molar-refractivity contribution in [3.8, 4) is 32.6 Å². The first kappa shape index (κ1) is 26.5. The molecule has 0 bridgehead atoms. The van der Waals surface area contributed by atoms with Crippen LogP contribution in [0.5, 0.6) is 11.6 Å². The van der Waals surface area contributed by atoms with E-state index in [1.807, 2.05) is 19.1 Å². The molecule has 0 saturated carbocycles. The van der Waals surface area contributed by atoms with E-state index in [-0.39, 0.29) is 21.9 Å². The Bertz CT molecular complexity index is 1850. The third-order valence-electron chi connectivity index (χ3n) is 5.88. The zero-order valence-corrected chi connectivity index (χ0v) is 22.9. The number of ether oxygens (including phenoxy) is 1. The molecule has 1 aromatic carbocycles. The van der Waals surface area contributed by atoms with Crippen LogP contribution in [0.3, 0.4) is 0 Å². The molecule has 5 rings (SSSR count). The van der Waals surface area contributed by atoms with Crippen molar-refractivity contribution in [1.82, 2.24) is 15.0 Å². The molecule has 0 aliphatic rings. The number of rotatable bonds is 8. The number of benzene rings is 1. The number of nitrogens with zero attached hydrogens (tertiary/aromatic N) is 3. The molecule has 5 aromatic rings. The number of aromatic carboxylic acids is 1. The molecule has 0 unspecified atom stereocenters. The SMILES string of the molecule is COc1ccc(S(=O)(=O)Nc2cc(-c3sc4c(-c5ccc(CN)s5)ncnc4c3C)cnc2O)cc1C(=O)O. The third-order valence-corrected chi connectivity index (χ3v) is 9.70. The van der Waals surface area contributed by atoms with Gasteiger partial charge < -0.3 is 20.7 Å². The van der Waals surface area contributed by atoms with Crippen molar-refractivity contribution >= 4 is 54.6 Å². The molecule has 11 nitrogen and oxygen atoms in total. The highest BCUT2D eigenvalue weighted by Crippen LogP contribution is 2.43. The number of aromatic nitrogens is 3. The summed E-state index contributed by atoms with van der Waals surface area (Å²) < 4.78 is 34.4. The number of anilines is 1. The largest absolute Gasteiger partial charge is 0.496 e. The van der Waals surface area contributed by atoms with Crippen LogP contribution >= 0.6 is 22.7 Å².